The summed E-state index contributed by atoms with van der Waals surface area (Å²) in [5.41, 5.74) is 1.56. The van der Waals surface area contributed by atoms with Crippen LogP contribution in [0.25, 0.3) is 0 Å². The second kappa shape index (κ2) is 7.90. The van der Waals surface area contributed by atoms with E-state index in [1.54, 1.807) is 29.5 Å². The van der Waals surface area contributed by atoms with E-state index in [1.807, 2.05) is 41.1 Å². The fourth-order valence-electron chi connectivity index (χ4n) is 2.13. The van der Waals surface area contributed by atoms with Crippen molar-refractivity contribution in [3.05, 3.63) is 80.2 Å². The first-order valence-electron chi connectivity index (χ1n) is 7.43. The minimum absolute atomic E-state index is 0.0808. The predicted molar refractivity (Wildman–Crippen MR) is 97.4 cm³/mol. The van der Waals surface area contributed by atoms with Gasteiger partial charge in [0, 0.05) is 17.0 Å². The number of nitrogens with one attached hydrogen (secondary N) is 2. The van der Waals surface area contributed by atoms with Crippen LogP contribution < -0.4 is 10.6 Å². The first kappa shape index (κ1) is 16.4. The molecule has 0 unspecified atom stereocenters. The molecule has 0 aliphatic carbocycles. The van der Waals surface area contributed by atoms with Gasteiger partial charge in [0.2, 0.25) is 0 Å². The molecule has 6 heteroatoms. The van der Waals surface area contributed by atoms with Gasteiger partial charge in [-0.1, -0.05) is 24.3 Å². The predicted octanol–water partition coefficient (Wildman–Crippen LogP) is 3.67. The van der Waals surface area contributed by atoms with Crippen molar-refractivity contribution in [2.45, 2.75) is 13.1 Å². The monoisotopic (exact) mass is 356 g/mol. The number of hydrogen-bond acceptors (Lipinski definition) is 4. The summed E-state index contributed by atoms with van der Waals surface area (Å²) in [7, 11) is 0. The summed E-state index contributed by atoms with van der Waals surface area (Å²) in [6.45, 7) is 0.975. The van der Waals surface area contributed by atoms with Gasteiger partial charge in [-0.2, -0.15) is 0 Å². The van der Waals surface area contributed by atoms with Gasteiger partial charge in [-0.25, -0.2) is 0 Å². The fraction of sp³-hybridized carbons (Fsp3) is 0.111. The van der Waals surface area contributed by atoms with E-state index in [4.69, 9.17) is 0 Å². The lowest BCUT2D eigenvalue weighted by Gasteiger charge is -2.06. The number of carbonyl (C=O) groups is 2. The summed E-state index contributed by atoms with van der Waals surface area (Å²) in [5, 5.41) is 9.62. The molecule has 24 heavy (non-hydrogen) atoms. The van der Waals surface area contributed by atoms with Crippen molar-refractivity contribution in [3.8, 4) is 0 Å². The lowest BCUT2D eigenvalue weighted by atomic mass is 10.1. The molecule has 0 saturated carbocycles. The Morgan fingerprint density at radius 3 is 2.17 bits per heavy atom. The molecule has 0 spiro atoms. The number of carbonyl (C=O) groups excluding carboxylic acids is 2. The maximum atomic E-state index is 12.1. The van der Waals surface area contributed by atoms with E-state index in [2.05, 4.69) is 10.6 Å². The summed E-state index contributed by atoms with van der Waals surface area (Å²) < 4.78 is 0. The minimum Gasteiger partial charge on any atom is -0.347 e. The second-order valence-electron chi connectivity index (χ2n) is 5.12. The van der Waals surface area contributed by atoms with Crippen molar-refractivity contribution in [3.63, 3.8) is 0 Å². The molecule has 3 aromatic rings. The van der Waals surface area contributed by atoms with E-state index >= 15 is 0 Å². The van der Waals surface area contributed by atoms with Crippen molar-refractivity contribution < 1.29 is 9.59 Å². The number of thiophene rings is 2. The molecule has 2 aromatic heterocycles. The fourth-order valence-corrected chi connectivity index (χ4v) is 3.42. The largest absolute Gasteiger partial charge is 0.347 e. The van der Waals surface area contributed by atoms with Gasteiger partial charge in [0.05, 0.1) is 11.4 Å². The quantitative estimate of drug-likeness (QED) is 0.708. The SMILES string of the molecule is O=C(NCc1cccs1)c1ccc(CNC(=O)c2cccs2)cc1. The van der Waals surface area contributed by atoms with Crippen LogP contribution in [0.15, 0.2) is 59.3 Å². The molecule has 122 valence electrons. The Bertz CT molecular complexity index is 794. The molecule has 0 bridgehead atoms. The molecule has 4 nitrogen and oxygen atoms in total. The van der Waals surface area contributed by atoms with Crippen LogP contribution in [0.3, 0.4) is 0 Å². The normalized spacial score (nSPS) is 10.3. The molecule has 2 heterocycles. The van der Waals surface area contributed by atoms with Crippen molar-refractivity contribution in [2.75, 3.05) is 0 Å². The molecule has 0 aliphatic heterocycles. The molecule has 0 atom stereocenters. The van der Waals surface area contributed by atoms with Crippen molar-refractivity contribution >= 4 is 34.5 Å². The van der Waals surface area contributed by atoms with Crippen LogP contribution in [-0.4, -0.2) is 11.8 Å². The van der Waals surface area contributed by atoms with Crippen molar-refractivity contribution in [2.24, 2.45) is 0 Å². The zero-order valence-electron chi connectivity index (χ0n) is 12.8. The van der Waals surface area contributed by atoms with Gasteiger partial charge in [0.1, 0.15) is 0 Å². The summed E-state index contributed by atoms with van der Waals surface area (Å²) in [5.74, 6) is -0.180. The van der Waals surface area contributed by atoms with E-state index < -0.39 is 0 Å². The smallest absolute Gasteiger partial charge is 0.261 e. The summed E-state index contributed by atoms with van der Waals surface area (Å²) in [6.07, 6.45) is 0. The molecule has 0 fully saturated rings. The number of amides is 2. The zero-order valence-corrected chi connectivity index (χ0v) is 14.5. The maximum Gasteiger partial charge on any atom is 0.261 e. The van der Waals surface area contributed by atoms with Crippen LogP contribution in [0.5, 0.6) is 0 Å². The average Bonchev–Trinajstić information content (AvgIpc) is 3.31. The Labute approximate surface area is 148 Å². The van der Waals surface area contributed by atoms with E-state index in [0.29, 0.717) is 23.5 Å². The summed E-state index contributed by atoms with van der Waals surface area (Å²) >= 11 is 3.03. The van der Waals surface area contributed by atoms with E-state index in [1.165, 1.54) is 11.3 Å². The summed E-state index contributed by atoms with van der Waals surface area (Å²) in [6, 6.07) is 14.9. The third kappa shape index (κ3) is 4.31. The van der Waals surface area contributed by atoms with Crippen molar-refractivity contribution in [1.82, 2.24) is 10.6 Å². The zero-order chi connectivity index (χ0) is 16.8. The average molecular weight is 356 g/mol. The molecule has 3 rings (SSSR count). The molecule has 0 radical (unpaired) electrons. The highest BCUT2D eigenvalue weighted by atomic mass is 32.1. The number of hydrogen-bond donors (Lipinski definition) is 2. The lowest BCUT2D eigenvalue weighted by Crippen LogP contribution is -2.23. The first-order valence-corrected chi connectivity index (χ1v) is 9.19. The van der Waals surface area contributed by atoms with Gasteiger partial charge in [0.25, 0.3) is 11.8 Å². The number of benzene rings is 1. The highest BCUT2D eigenvalue weighted by Gasteiger charge is 2.08. The van der Waals surface area contributed by atoms with Crippen molar-refractivity contribution in [1.29, 1.82) is 0 Å². The van der Waals surface area contributed by atoms with Crippen LogP contribution in [0.1, 0.15) is 30.5 Å². The van der Waals surface area contributed by atoms with Crippen LogP contribution >= 0.6 is 22.7 Å². The van der Waals surface area contributed by atoms with Crippen LogP contribution in [0.4, 0.5) is 0 Å². The van der Waals surface area contributed by atoms with Crippen LogP contribution in [0, 0.1) is 0 Å². The Hall–Kier alpha value is -2.44. The molecule has 0 saturated heterocycles. The van der Waals surface area contributed by atoms with Gasteiger partial charge in [-0.05, 0) is 40.6 Å². The Morgan fingerprint density at radius 2 is 1.50 bits per heavy atom. The molecular formula is C18H16N2O2S2. The van der Waals surface area contributed by atoms with Crippen LogP contribution in [0.2, 0.25) is 0 Å². The Balaban J connectivity index is 1.51. The minimum atomic E-state index is -0.0995. The molecule has 2 N–H and O–H groups in total. The van der Waals surface area contributed by atoms with Gasteiger partial charge < -0.3 is 10.6 Å². The highest BCUT2D eigenvalue weighted by molar-refractivity contribution is 7.12. The third-order valence-corrected chi connectivity index (χ3v) is 5.16. The van der Waals surface area contributed by atoms with Gasteiger partial charge in [0.15, 0.2) is 0 Å². The first-order chi connectivity index (χ1) is 11.7. The van der Waals surface area contributed by atoms with E-state index in [-0.39, 0.29) is 11.8 Å². The van der Waals surface area contributed by atoms with E-state index in [0.717, 1.165) is 10.4 Å². The molecule has 0 aliphatic rings. The Kier molecular flexibility index (Phi) is 5.40. The summed E-state index contributed by atoms with van der Waals surface area (Å²) in [4.78, 5) is 25.8. The Morgan fingerprint density at radius 1 is 0.792 bits per heavy atom. The topological polar surface area (TPSA) is 58.2 Å². The van der Waals surface area contributed by atoms with Gasteiger partial charge in [-0.3, -0.25) is 9.59 Å². The van der Waals surface area contributed by atoms with E-state index in [9.17, 15) is 9.59 Å². The van der Waals surface area contributed by atoms with Gasteiger partial charge in [-0.15, -0.1) is 22.7 Å². The highest BCUT2D eigenvalue weighted by Crippen LogP contribution is 2.10. The lowest BCUT2D eigenvalue weighted by molar-refractivity contribution is 0.0943. The van der Waals surface area contributed by atoms with Crippen LogP contribution in [-0.2, 0) is 13.1 Å². The molecular weight excluding hydrogens is 340 g/mol. The number of rotatable bonds is 6. The standard InChI is InChI=1S/C18H16N2O2S2/c21-17(20-12-15-3-1-9-23-15)14-7-5-13(6-8-14)11-19-18(22)16-4-2-10-24-16/h1-10H,11-12H2,(H,19,22)(H,20,21). The maximum absolute atomic E-state index is 12.1. The molecule has 2 amide bonds. The third-order valence-electron chi connectivity index (χ3n) is 3.42. The molecule has 1 aromatic carbocycles. The second-order valence-corrected chi connectivity index (χ2v) is 7.10. The van der Waals surface area contributed by atoms with Gasteiger partial charge >= 0.3 is 0 Å².